The molecular formula is C23H23FN2O3S. The molecule has 0 spiro atoms. The van der Waals surface area contributed by atoms with Crippen molar-refractivity contribution in [2.24, 2.45) is 0 Å². The Morgan fingerprint density at radius 3 is 2.33 bits per heavy atom. The van der Waals surface area contributed by atoms with Crippen molar-refractivity contribution in [2.45, 2.75) is 24.3 Å². The van der Waals surface area contributed by atoms with Gasteiger partial charge >= 0.3 is 0 Å². The SMILES string of the molecule is CC[C@H](NC(=O)c1cccc(S(=O)(=O)N(C)c2ccccc2F)c1)c1ccccc1. The fourth-order valence-corrected chi connectivity index (χ4v) is 4.39. The van der Waals surface area contributed by atoms with E-state index in [2.05, 4.69) is 5.32 Å². The van der Waals surface area contributed by atoms with Crippen molar-refractivity contribution in [3.63, 3.8) is 0 Å². The number of nitrogens with one attached hydrogen (secondary N) is 1. The number of halogens is 1. The Balaban J connectivity index is 1.86. The highest BCUT2D eigenvalue weighted by Crippen LogP contribution is 2.25. The van der Waals surface area contributed by atoms with Gasteiger partial charge < -0.3 is 5.32 Å². The van der Waals surface area contributed by atoms with Gasteiger partial charge in [0, 0.05) is 12.6 Å². The van der Waals surface area contributed by atoms with Gasteiger partial charge in [0.25, 0.3) is 15.9 Å². The maximum atomic E-state index is 14.1. The number of sulfonamides is 1. The van der Waals surface area contributed by atoms with Crippen molar-refractivity contribution in [1.29, 1.82) is 0 Å². The third-order valence-corrected chi connectivity index (χ3v) is 6.63. The Bertz CT molecular complexity index is 1130. The number of carbonyl (C=O) groups excluding carboxylic acids is 1. The Kier molecular flexibility index (Phi) is 6.52. The molecule has 3 rings (SSSR count). The first-order chi connectivity index (χ1) is 14.3. The van der Waals surface area contributed by atoms with Crippen LogP contribution < -0.4 is 9.62 Å². The quantitative estimate of drug-likeness (QED) is 0.604. The molecule has 0 aromatic heterocycles. The highest BCUT2D eigenvalue weighted by atomic mass is 32.2. The van der Waals surface area contributed by atoms with E-state index in [1.807, 2.05) is 37.3 Å². The van der Waals surface area contributed by atoms with E-state index in [1.165, 1.54) is 43.4 Å². The van der Waals surface area contributed by atoms with Crippen molar-refractivity contribution in [3.05, 3.63) is 95.8 Å². The molecule has 156 valence electrons. The lowest BCUT2D eigenvalue weighted by Crippen LogP contribution is -2.29. The standard InChI is InChI=1S/C23H23FN2O3S/c1-3-21(17-10-5-4-6-11-17)25-23(27)18-12-9-13-19(16-18)30(28,29)26(2)22-15-8-7-14-20(22)24/h4-16,21H,3H2,1-2H3,(H,25,27)/t21-/m0/s1. The van der Waals surface area contributed by atoms with E-state index in [0.717, 1.165) is 9.87 Å². The van der Waals surface area contributed by atoms with Crippen LogP contribution in [0.2, 0.25) is 0 Å². The number of hydrogen-bond donors (Lipinski definition) is 1. The van der Waals surface area contributed by atoms with Gasteiger partial charge in [0.15, 0.2) is 0 Å². The Hall–Kier alpha value is -3.19. The van der Waals surface area contributed by atoms with Crippen LogP contribution in [0.1, 0.15) is 35.3 Å². The number of anilines is 1. The lowest BCUT2D eigenvalue weighted by Gasteiger charge is -2.21. The summed E-state index contributed by atoms with van der Waals surface area (Å²) in [4.78, 5) is 12.7. The summed E-state index contributed by atoms with van der Waals surface area (Å²) >= 11 is 0. The molecule has 0 unspecified atom stereocenters. The molecule has 0 saturated heterocycles. The first kappa shape index (κ1) is 21.5. The molecule has 0 aliphatic heterocycles. The minimum absolute atomic E-state index is 0.0671. The molecular weight excluding hydrogens is 403 g/mol. The van der Waals surface area contributed by atoms with Gasteiger partial charge in [0.1, 0.15) is 5.82 Å². The molecule has 30 heavy (non-hydrogen) atoms. The molecule has 7 heteroatoms. The largest absolute Gasteiger partial charge is 0.345 e. The summed E-state index contributed by atoms with van der Waals surface area (Å²) in [5.74, 6) is -1.03. The van der Waals surface area contributed by atoms with Gasteiger partial charge in [0.05, 0.1) is 16.6 Å². The number of amides is 1. The smallest absolute Gasteiger partial charge is 0.264 e. The summed E-state index contributed by atoms with van der Waals surface area (Å²) in [7, 11) is -2.76. The zero-order valence-corrected chi connectivity index (χ0v) is 17.6. The normalized spacial score (nSPS) is 12.2. The molecule has 0 bridgehead atoms. The number of benzene rings is 3. The van der Waals surface area contributed by atoms with Crippen LogP contribution in [-0.2, 0) is 10.0 Å². The monoisotopic (exact) mass is 426 g/mol. The molecule has 0 aliphatic rings. The average Bonchev–Trinajstić information content (AvgIpc) is 2.77. The van der Waals surface area contributed by atoms with Gasteiger partial charge in [-0.25, -0.2) is 12.8 Å². The number of para-hydroxylation sites is 1. The maximum Gasteiger partial charge on any atom is 0.264 e. The molecule has 1 N–H and O–H groups in total. The van der Waals surface area contributed by atoms with Gasteiger partial charge in [0.2, 0.25) is 0 Å². The van der Waals surface area contributed by atoms with E-state index in [4.69, 9.17) is 0 Å². The van der Waals surface area contributed by atoms with Gasteiger partial charge in [-0.3, -0.25) is 9.10 Å². The molecule has 0 fully saturated rings. The number of rotatable bonds is 7. The summed E-state index contributed by atoms with van der Waals surface area (Å²) in [6.07, 6.45) is 0.684. The van der Waals surface area contributed by atoms with E-state index in [1.54, 1.807) is 12.1 Å². The van der Waals surface area contributed by atoms with Crippen LogP contribution in [0.3, 0.4) is 0 Å². The van der Waals surface area contributed by atoms with E-state index in [9.17, 15) is 17.6 Å². The lowest BCUT2D eigenvalue weighted by molar-refractivity contribution is 0.0935. The van der Waals surface area contributed by atoms with Crippen LogP contribution in [0.15, 0.2) is 83.8 Å². The zero-order chi connectivity index (χ0) is 21.7. The molecule has 3 aromatic rings. The third-order valence-electron chi connectivity index (χ3n) is 4.86. The summed E-state index contributed by atoms with van der Waals surface area (Å²) in [5.41, 5.74) is 1.12. The molecule has 1 amide bonds. The van der Waals surface area contributed by atoms with Crippen LogP contribution in [0, 0.1) is 5.82 Å². The molecule has 0 heterocycles. The van der Waals surface area contributed by atoms with Crippen molar-refractivity contribution in [3.8, 4) is 0 Å². The second kappa shape index (κ2) is 9.09. The topological polar surface area (TPSA) is 66.5 Å². The predicted molar refractivity (Wildman–Crippen MR) is 115 cm³/mol. The fourth-order valence-electron chi connectivity index (χ4n) is 3.14. The Morgan fingerprint density at radius 2 is 1.67 bits per heavy atom. The lowest BCUT2D eigenvalue weighted by atomic mass is 10.0. The van der Waals surface area contributed by atoms with Crippen molar-refractivity contribution < 1.29 is 17.6 Å². The molecule has 3 aromatic carbocycles. The van der Waals surface area contributed by atoms with Gasteiger partial charge in [-0.2, -0.15) is 0 Å². The van der Waals surface area contributed by atoms with Gasteiger partial charge in [-0.05, 0) is 42.3 Å². The average molecular weight is 427 g/mol. The fraction of sp³-hybridized carbons (Fsp3) is 0.174. The van der Waals surface area contributed by atoms with Gasteiger partial charge in [-0.15, -0.1) is 0 Å². The highest BCUT2D eigenvalue weighted by Gasteiger charge is 2.24. The van der Waals surface area contributed by atoms with Crippen molar-refractivity contribution >= 4 is 21.6 Å². The summed E-state index contributed by atoms with van der Waals surface area (Å²) in [5, 5.41) is 2.94. The second-order valence-corrected chi connectivity index (χ2v) is 8.77. The van der Waals surface area contributed by atoms with E-state index < -0.39 is 15.8 Å². The van der Waals surface area contributed by atoms with Crippen LogP contribution in [0.4, 0.5) is 10.1 Å². The van der Waals surface area contributed by atoms with E-state index in [-0.39, 0.29) is 28.1 Å². The number of hydrogen-bond acceptors (Lipinski definition) is 3. The maximum absolute atomic E-state index is 14.1. The molecule has 0 aliphatic carbocycles. The van der Waals surface area contributed by atoms with Crippen LogP contribution in [0.25, 0.3) is 0 Å². The summed E-state index contributed by atoms with van der Waals surface area (Å²) < 4.78 is 40.9. The van der Waals surface area contributed by atoms with Crippen molar-refractivity contribution in [1.82, 2.24) is 5.32 Å². The minimum Gasteiger partial charge on any atom is -0.345 e. The van der Waals surface area contributed by atoms with Gasteiger partial charge in [-0.1, -0.05) is 55.5 Å². The van der Waals surface area contributed by atoms with Crippen LogP contribution in [0.5, 0.6) is 0 Å². The summed E-state index contributed by atoms with van der Waals surface area (Å²) in [6, 6.07) is 20.7. The second-order valence-electron chi connectivity index (χ2n) is 6.80. The third kappa shape index (κ3) is 4.52. The molecule has 0 radical (unpaired) electrons. The Morgan fingerprint density at radius 1 is 1.00 bits per heavy atom. The first-order valence-corrected chi connectivity index (χ1v) is 11.0. The number of nitrogens with zero attached hydrogens (tertiary/aromatic N) is 1. The van der Waals surface area contributed by atoms with Crippen LogP contribution in [-0.4, -0.2) is 21.4 Å². The Labute approximate surface area is 176 Å². The minimum atomic E-state index is -4.04. The van der Waals surface area contributed by atoms with Crippen LogP contribution >= 0.6 is 0 Å². The molecule has 0 saturated carbocycles. The zero-order valence-electron chi connectivity index (χ0n) is 16.7. The van der Waals surface area contributed by atoms with Crippen molar-refractivity contribution in [2.75, 3.05) is 11.4 Å². The first-order valence-electron chi connectivity index (χ1n) is 9.54. The summed E-state index contributed by atoms with van der Waals surface area (Å²) in [6.45, 7) is 1.96. The van der Waals surface area contributed by atoms with E-state index in [0.29, 0.717) is 6.42 Å². The van der Waals surface area contributed by atoms with E-state index >= 15 is 0 Å². The predicted octanol–water partition coefficient (Wildman–Crippen LogP) is 4.53. The molecule has 1 atom stereocenters. The number of carbonyl (C=O) groups is 1. The highest BCUT2D eigenvalue weighted by molar-refractivity contribution is 7.92. The molecule has 5 nitrogen and oxygen atoms in total.